The Morgan fingerprint density at radius 2 is 1.79 bits per heavy atom. The van der Waals surface area contributed by atoms with Crippen molar-refractivity contribution < 1.29 is 9.18 Å². The van der Waals surface area contributed by atoms with E-state index in [4.69, 9.17) is 19.9 Å². The zero-order valence-corrected chi connectivity index (χ0v) is 27.6. The Balaban J connectivity index is 0.00000386. The summed E-state index contributed by atoms with van der Waals surface area (Å²) in [5, 5.41) is 16.8. The van der Waals surface area contributed by atoms with Gasteiger partial charge in [-0.3, -0.25) is 9.20 Å². The molecule has 1 amide bonds. The van der Waals surface area contributed by atoms with Gasteiger partial charge in [-0.15, -0.1) is 12.4 Å². The van der Waals surface area contributed by atoms with E-state index < -0.39 is 0 Å². The second kappa shape index (κ2) is 13.6. The van der Waals surface area contributed by atoms with Gasteiger partial charge in [0.1, 0.15) is 33.9 Å². The van der Waals surface area contributed by atoms with Crippen molar-refractivity contribution in [3.63, 3.8) is 0 Å². The van der Waals surface area contributed by atoms with Gasteiger partial charge in [-0.25, -0.2) is 24.3 Å². The molecule has 0 atom stereocenters. The maximum atomic E-state index is 13.6. The lowest BCUT2D eigenvalue weighted by atomic mass is 10.00. The monoisotopic (exact) mass is 672 g/mol. The number of nitriles is 1. The summed E-state index contributed by atoms with van der Waals surface area (Å²) >= 11 is 1.29. The molecule has 2 aliphatic rings. The third-order valence-corrected chi connectivity index (χ3v) is 9.72. The normalized spacial score (nSPS) is 15.1. The number of hydrogen-bond donors (Lipinski definition) is 2. The van der Waals surface area contributed by atoms with E-state index in [1.165, 1.54) is 23.5 Å². The number of rotatable bonds is 8. The second-order valence-corrected chi connectivity index (χ2v) is 12.6. The van der Waals surface area contributed by atoms with Crippen molar-refractivity contribution in [3.8, 4) is 28.5 Å². The molecule has 0 unspecified atom stereocenters. The van der Waals surface area contributed by atoms with E-state index in [0.717, 1.165) is 67.3 Å². The van der Waals surface area contributed by atoms with Gasteiger partial charge in [0.2, 0.25) is 11.9 Å². The van der Waals surface area contributed by atoms with E-state index in [9.17, 15) is 14.4 Å². The Bertz CT molecular complexity index is 1930. The molecular weight excluding hydrogens is 639 g/mol. The number of benzene rings is 1. The maximum Gasteiger partial charge on any atom is 0.225 e. The molecule has 2 fully saturated rings. The summed E-state index contributed by atoms with van der Waals surface area (Å²) in [6.45, 7) is 5.17. The van der Waals surface area contributed by atoms with Gasteiger partial charge < -0.3 is 20.4 Å². The largest absolute Gasteiger partial charge is 0.353 e. The van der Waals surface area contributed by atoms with Crippen molar-refractivity contribution in [2.75, 3.05) is 43.0 Å². The van der Waals surface area contributed by atoms with Crippen molar-refractivity contribution in [3.05, 3.63) is 71.4 Å². The third kappa shape index (κ3) is 6.36. The van der Waals surface area contributed by atoms with Crippen molar-refractivity contribution in [1.29, 1.82) is 5.26 Å². The van der Waals surface area contributed by atoms with Crippen molar-refractivity contribution in [2.24, 2.45) is 5.92 Å². The first-order valence-electron chi connectivity index (χ1n) is 15.4. The highest BCUT2D eigenvalue weighted by atomic mass is 35.5. The van der Waals surface area contributed by atoms with Crippen molar-refractivity contribution in [1.82, 2.24) is 35.0 Å². The minimum atomic E-state index is -0.340. The number of halogens is 2. The van der Waals surface area contributed by atoms with Gasteiger partial charge in [0.25, 0.3) is 0 Å². The number of carbonyl (C=O) groups is 1. The molecular formula is C33H34ClFN10OS. The summed E-state index contributed by atoms with van der Waals surface area (Å²) in [6.07, 6.45) is 8.15. The van der Waals surface area contributed by atoms with Crippen molar-refractivity contribution in [2.45, 2.75) is 32.2 Å². The third-order valence-electron chi connectivity index (χ3n) is 8.69. The minimum absolute atomic E-state index is 0. The number of thiazole rings is 1. The first-order valence-corrected chi connectivity index (χ1v) is 16.2. The van der Waals surface area contributed by atoms with E-state index in [1.807, 2.05) is 47.1 Å². The molecule has 1 aromatic carbocycles. The summed E-state index contributed by atoms with van der Waals surface area (Å²) < 4.78 is 15.6. The van der Waals surface area contributed by atoms with Crippen LogP contribution in [0.2, 0.25) is 0 Å². The molecule has 11 nitrogen and oxygen atoms in total. The number of nitrogens with zero attached hydrogens (tertiary/aromatic N) is 8. The Kier molecular flexibility index (Phi) is 9.35. The van der Waals surface area contributed by atoms with Crippen LogP contribution < -0.4 is 20.4 Å². The average molecular weight is 673 g/mol. The standard InChI is InChI=1S/C33H33FN10OS.ClH/c1-3-26-31(42(2)33-41-29(27(14-35)46-33)20-4-7-24(34)8-5-20)44-19-21(6-9-28(44)40-26)22-17-37-32(38-18-22)43-12-10-25(11-13-43)39-30(45)23-15-36-16-23;/h4-9,17-19,23,25,36H,3,10-13,15-16H2,1-2H3,(H,39,45);1H. The quantitative estimate of drug-likeness (QED) is 0.235. The lowest BCUT2D eigenvalue weighted by molar-refractivity contribution is -0.127. The molecule has 0 saturated carbocycles. The number of piperidine rings is 1. The fraction of sp³-hybridized carbons (Fsp3) is 0.333. The van der Waals surface area contributed by atoms with Crippen LogP contribution in [0.1, 0.15) is 30.3 Å². The van der Waals surface area contributed by atoms with E-state index in [2.05, 4.69) is 28.5 Å². The van der Waals surface area contributed by atoms with Crippen LogP contribution >= 0.6 is 23.7 Å². The molecule has 0 aliphatic carbocycles. The Labute approximate surface area is 281 Å². The molecule has 0 radical (unpaired) electrons. The summed E-state index contributed by atoms with van der Waals surface area (Å²) in [5.74, 6) is 1.45. The van der Waals surface area contributed by atoms with E-state index in [0.29, 0.717) is 33.6 Å². The highest BCUT2D eigenvalue weighted by Crippen LogP contribution is 2.37. The molecule has 2 N–H and O–H groups in total. The molecule has 5 aromatic rings. The van der Waals surface area contributed by atoms with Crippen LogP contribution in [-0.2, 0) is 11.2 Å². The van der Waals surface area contributed by atoms with Gasteiger partial charge >= 0.3 is 0 Å². The second-order valence-electron chi connectivity index (χ2n) is 11.6. The van der Waals surface area contributed by atoms with Gasteiger partial charge in [-0.1, -0.05) is 18.3 Å². The van der Waals surface area contributed by atoms with Crippen LogP contribution in [0.3, 0.4) is 0 Å². The zero-order chi connectivity index (χ0) is 31.8. The molecule has 242 valence electrons. The van der Waals surface area contributed by atoms with Gasteiger partial charge in [0, 0.05) is 74.5 Å². The zero-order valence-electron chi connectivity index (χ0n) is 26.0. The lowest BCUT2D eigenvalue weighted by Crippen LogP contribution is -2.54. The average Bonchev–Trinajstić information content (AvgIpc) is 3.66. The number of fused-ring (bicyclic) bond motifs is 1. The summed E-state index contributed by atoms with van der Waals surface area (Å²) in [6, 6.07) is 12.4. The highest BCUT2D eigenvalue weighted by molar-refractivity contribution is 7.16. The van der Waals surface area contributed by atoms with E-state index in [-0.39, 0.29) is 36.1 Å². The SMILES string of the molecule is CCc1nc2ccc(-c3cnc(N4CCC(NC(=O)C5CNC5)CC4)nc3)cn2c1N(C)c1nc(-c2ccc(F)cc2)c(C#N)s1.Cl. The molecule has 4 aromatic heterocycles. The molecule has 0 bridgehead atoms. The molecule has 14 heteroatoms. The van der Waals surface area contributed by atoms with E-state index in [1.54, 1.807) is 12.1 Å². The Morgan fingerprint density at radius 3 is 2.43 bits per heavy atom. The molecule has 2 aliphatic heterocycles. The number of carbonyl (C=O) groups excluding carboxylic acids is 1. The maximum absolute atomic E-state index is 13.6. The molecule has 6 heterocycles. The number of amides is 1. The topological polar surface area (TPSA) is 127 Å². The van der Waals surface area contributed by atoms with Gasteiger partial charge in [0.05, 0.1) is 11.6 Å². The first kappa shape index (κ1) is 32.3. The fourth-order valence-electron chi connectivity index (χ4n) is 5.92. The van der Waals surface area contributed by atoms with Crippen molar-refractivity contribution >= 4 is 52.2 Å². The number of hydrogen-bond acceptors (Lipinski definition) is 10. The number of aromatic nitrogens is 5. The number of nitrogens with one attached hydrogen (secondary N) is 2. The minimum Gasteiger partial charge on any atom is -0.353 e. The molecule has 47 heavy (non-hydrogen) atoms. The van der Waals surface area contributed by atoms with Crippen LogP contribution in [0.5, 0.6) is 0 Å². The fourth-order valence-corrected chi connectivity index (χ4v) is 6.77. The van der Waals surface area contributed by atoms with Crippen LogP contribution in [0, 0.1) is 23.1 Å². The van der Waals surface area contributed by atoms with Gasteiger partial charge in [-0.2, -0.15) is 5.26 Å². The highest BCUT2D eigenvalue weighted by Gasteiger charge is 2.29. The molecule has 2 saturated heterocycles. The van der Waals surface area contributed by atoms with Crippen LogP contribution in [0.15, 0.2) is 55.0 Å². The number of imidazole rings is 1. The molecule has 0 spiro atoms. The summed E-state index contributed by atoms with van der Waals surface area (Å²) in [7, 11) is 1.92. The van der Waals surface area contributed by atoms with E-state index >= 15 is 0 Å². The smallest absolute Gasteiger partial charge is 0.225 e. The first-order chi connectivity index (χ1) is 22.4. The van der Waals surface area contributed by atoms with Gasteiger partial charge in [-0.05, 0) is 55.7 Å². The number of pyridine rings is 1. The van der Waals surface area contributed by atoms with Crippen LogP contribution in [0.25, 0.3) is 28.0 Å². The van der Waals surface area contributed by atoms with Crippen LogP contribution in [-0.4, -0.2) is 69.5 Å². The predicted molar refractivity (Wildman–Crippen MR) is 183 cm³/mol. The summed E-state index contributed by atoms with van der Waals surface area (Å²) in [4.78, 5) is 36.0. The number of anilines is 3. The number of aryl methyl sites for hydroxylation is 1. The van der Waals surface area contributed by atoms with Crippen LogP contribution in [0.4, 0.5) is 21.3 Å². The molecule has 7 rings (SSSR count). The summed E-state index contributed by atoms with van der Waals surface area (Å²) in [5.41, 5.74) is 4.71. The Morgan fingerprint density at radius 1 is 1.09 bits per heavy atom. The van der Waals surface area contributed by atoms with Gasteiger partial charge in [0.15, 0.2) is 5.13 Å². The predicted octanol–water partition coefficient (Wildman–Crippen LogP) is 4.98. The Hall–Kier alpha value is -4.64. The lowest BCUT2D eigenvalue weighted by Gasteiger charge is -2.34.